The van der Waals surface area contributed by atoms with Crippen LogP contribution in [0.1, 0.15) is 31.9 Å². The molecule has 0 aliphatic carbocycles. The van der Waals surface area contributed by atoms with E-state index in [9.17, 15) is 4.79 Å². The highest BCUT2D eigenvalue weighted by atomic mass is 35.5. The van der Waals surface area contributed by atoms with Gasteiger partial charge in [0.05, 0.1) is 13.2 Å². The Labute approximate surface area is 147 Å². The number of amides is 1. The Hall–Kier alpha value is -2.20. The maximum Gasteiger partial charge on any atom is 0.261 e. The van der Waals surface area contributed by atoms with Crippen molar-refractivity contribution in [1.82, 2.24) is 5.32 Å². The molecule has 24 heavy (non-hydrogen) atoms. The zero-order chi connectivity index (χ0) is 17.5. The molecule has 2 aromatic carbocycles. The number of halogens is 1. The highest BCUT2D eigenvalue weighted by molar-refractivity contribution is 6.30. The first-order valence-electron chi connectivity index (χ1n) is 7.90. The molecule has 2 rings (SSSR count). The molecule has 0 aromatic heterocycles. The SMILES string of the molecule is CC[C@@H](Oc1cccc(Cl)c1)C(=O)N[C@@H](C)c1ccccc1OC. The van der Waals surface area contributed by atoms with Crippen molar-refractivity contribution in [2.75, 3.05) is 7.11 Å². The lowest BCUT2D eigenvalue weighted by Gasteiger charge is -2.22. The van der Waals surface area contributed by atoms with E-state index in [1.165, 1.54) is 0 Å². The molecule has 2 atom stereocenters. The number of ether oxygens (including phenoxy) is 2. The Balaban J connectivity index is 2.06. The fourth-order valence-electron chi connectivity index (χ4n) is 2.44. The molecule has 0 bridgehead atoms. The number of carbonyl (C=O) groups excluding carboxylic acids is 1. The van der Waals surface area contributed by atoms with Crippen LogP contribution >= 0.6 is 11.6 Å². The summed E-state index contributed by atoms with van der Waals surface area (Å²) in [4.78, 5) is 12.5. The van der Waals surface area contributed by atoms with E-state index in [0.29, 0.717) is 17.2 Å². The first kappa shape index (κ1) is 18.1. The summed E-state index contributed by atoms with van der Waals surface area (Å²) in [6.07, 6.45) is -0.0302. The number of benzene rings is 2. The average Bonchev–Trinajstić information content (AvgIpc) is 2.59. The van der Waals surface area contributed by atoms with E-state index in [1.807, 2.05) is 38.1 Å². The normalized spacial score (nSPS) is 13.0. The van der Waals surface area contributed by atoms with Crippen LogP contribution in [-0.4, -0.2) is 19.1 Å². The van der Waals surface area contributed by atoms with Gasteiger partial charge in [0.2, 0.25) is 0 Å². The Morgan fingerprint density at radius 2 is 1.96 bits per heavy atom. The number of para-hydroxylation sites is 1. The number of rotatable bonds is 7. The summed E-state index contributed by atoms with van der Waals surface area (Å²) in [5, 5.41) is 3.55. The molecule has 0 saturated carbocycles. The smallest absolute Gasteiger partial charge is 0.261 e. The van der Waals surface area contributed by atoms with E-state index in [0.717, 1.165) is 11.3 Å². The van der Waals surface area contributed by atoms with E-state index >= 15 is 0 Å². The summed E-state index contributed by atoms with van der Waals surface area (Å²) < 4.78 is 11.1. The molecule has 0 saturated heterocycles. The molecule has 1 N–H and O–H groups in total. The van der Waals surface area contributed by atoms with Crippen molar-refractivity contribution < 1.29 is 14.3 Å². The molecule has 4 nitrogen and oxygen atoms in total. The van der Waals surface area contributed by atoms with Gasteiger partial charge in [-0.05, 0) is 37.6 Å². The maximum atomic E-state index is 12.5. The van der Waals surface area contributed by atoms with Gasteiger partial charge in [-0.3, -0.25) is 4.79 Å². The van der Waals surface area contributed by atoms with Crippen LogP contribution < -0.4 is 14.8 Å². The fraction of sp³-hybridized carbons (Fsp3) is 0.316. The van der Waals surface area contributed by atoms with Gasteiger partial charge in [-0.25, -0.2) is 0 Å². The van der Waals surface area contributed by atoms with E-state index < -0.39 is 6.10 Å². The highest BCUT2D eigenvalue weighted by Gasteiger charge is 2.22. The molecule has 2 aromatic rings. The van der Waals surface area contributed by atoms with Gasteiger partial charge in [-0.2, -0.15) is 0 Å². The van der Waals surface area contributed by atoms with Crippen molar-refractivity contribution in [2.24, 2.45) is 0 Å². The van der Waals surface area contributed by atoms with E-state index in [-0.39, 0.29) is 11.9 Å². The van der Waals surface area contributed by atoms with Crippen LogP contribution in [0.2, 0.25) is 5.02 Å². The van der Waals surface area contributed by atoms with Gasteiger partial charge in [-0.1, -0.05) is 42.8 Å². The Kier molecular flexibility index (Phi) is 6.50. The number of nitrogens with one attached hydrogen (secondary N) is 1. The first-order valence-corrected chi connectivity index (χ1v) is 8.28. The molecule has 128 valence electrons. The van der Waals surface area contributed by atoms with Crippen LogP contribution in [-0.2, 0) is 4.79 Å². The maximum absolute atomic E-state index is 12.5. The number of hydrogen-bond donors (Lipinski definition) is 1. The number of hydrogen-bond acceptors (Lipinski definition) is 3. The van der Waals surface area contributed by atoms with Gasteiger partial charge >= 0.3 is 0 Å². The Morgan fingerprint density at radius 3 is 2.62 bits per heavy atom. The van der Waals surface area contributed by atoms with Gasteiger partial charge in [0.15, 0.2) is 6.10 Å². The molecular formula is C19H22ClNO3. The van der Waals surface area contributed by atoms with Crippen LogP contribution in [0.3, 0.4) is 0 Å². The topological polar surface area (TPSA) is 47.6 Å². The highest BCUT2D eigenvalue weighted by Crippen LogP contribution is 2.25. The summed E-state index contributed by atoms with van der Waals surface area (Å²) >= 11 is 5.95. The van der Waals surface area contributed by atoms with Crippen LogP contribution in [0.5, 0.6) is 11.5 Å². The largest absolute Gasteiger partial charge is 0.496 e. The second kappa shape index (κ2) is 8.60. The lowest BCUT2D eigenvalue weighted by molar-refractivity contribution is -0.128. The third-order valence-corrected chi connectivity index (χ3v) is 3.94. The predicted octanol–water partition coefficient (Wildman–Crippen LogP) is 4.38. The molecule has 0 radical (unpaired) electrons. The van der Waals surface area contributed by atoms with E-state index in [4.69, 9.17) is 21.1 Å². The lowest BCUT2D eigenvalue weighted by atomic mass is 10.1. The molecule has 0 aliphatic rings. The summed E-state index contributed by atoms with van der Waals surface area (Å²) in [5.41, 5.74) is 0.922. The molecule has 1 amide bonds. The minimum absolute atomic E-state index is 0.170. The second-order valence-electron chi connectivity index (χ2n) is 5.44. The molecule has 0 aliphatic heterocycles. The van der Waals surface area contributed by atoms with Crippen molar-refractivity contribution in [3.63, 3.8) is 0 Å². The molecular weight excluding hydrogens is 326 g/mol. The van der Waals surface area contributed by atoms with E-state index in [2.05, 4.69) is 5.32 Å². The molecule has 0 heterocycles. The second-order valence-corrected chi connectivity index (χ2v) is 5.88. The third kappa shape index (κ3) is 4.65. The minimum Gasteiger partial charge on any atom is -0.496 e. The molecule has 5 heteroatoms. The monoisotopic (exact) mass is 347 g/mol. The standard InChI is InChI=1S/C19H22ClNO3/c1-4-17(24-15-9-7-8-14(20)12-15)19(22)21-13(2)16-10-5-6-11-18(16)23-3/h5-13,17H,4H2,1-3H3,(H,21,22)/t13-,17+/m0/s1. The summed E-state index contributed by atoms with van der Waals surface area (Å²) in [7, 11) is 1.62. The summed E-state index contributed by atoms with van der Waals surface area (Å²) in [6, 6.07) is 14.5. The van der Waals surface area contributed by atoms with Gasteiger partial charge in [0, 0.05) is 10.6 Å². The predicted molar refractivity (Wildman–Crippen MR) is 95.7 cm³/mol. The van der Waals surface area contributed by atoms with Crippen LogP contribution in [0.15, 0.2) is 48.5 Å². The lowest BCUT2D eigenvalue weighted by Crippen LogP contribution is -2.39. The molecule has 0 fully saturated rings. The van der Waals surface area contributed by atoms with Crippen LogP contribution in [0.25, 0.3) is 0 Å². The van der Waals surface area contributed by atoms with Crippen molar-refractivity contribution in [3.8, 4) is 11.5 Å². The molecule has 0 unspecified atom stereocenters. The average molecular weight is 348 g/mol. The van der Waals surface area contributed by atoms with Crippen molar-refractivity contribution in [3.05, 3.63) is 59.1 Å². The quantitative estimate of drug-likeness (QED) is 0.808. The fourth-order valence-corrected chi connectivity index (χ4v) is 2.62. The molecule has 0 spiro atoms. The zero-order valence-corrected chi connectivity index (χ0v) is 14.8. The first-order chi connectivity index (χ1) is 11.5. The van der Waals surface area contributed by atoms with Gasteiger partial charge in [0.25, 0.3) is 5.91 Å². The Bertz CT molecular complexity index is 690. The summed E-state index contributed by atoms with van der Waals surface area (Å²) in [5.74, 6) is 1.15. The van der Waals surface area contributed by atoms with Gasteiger partial charge in [-0.15, -0.1) is 0 Å². The van der Waals surface area contributed by atoms with Crippen molar-refractivity contribution in [2.45, 2.75) is 32.4 Å². The van der Waals surface area contributed by atoms with Gasteiger partial charge < -0.3 is 14.8 Å². The van der Waals surface area contributed by atoms with E-state index in [1.54, 1.807) is 31.4 Å². The third-order valence-electron chi connectivity index (χ3n) is 3.70. The summed E-state index contributed by atoms with van der Waals surface area (Å²) in [6.45, 7) is 3.82. The Morgan fingerprint density at radius 1 is 1.21 bits per heavy atom. The van der Waals surface area contributed by atoms with Crippen LogP contribution in [0.4, 0.5) is 0 Å². The van der Waals surface area contributed by atoms with Gasteiger partial charge in [0.1, 0.15) is 11.5 Å². The van der Waals surface area contributed by atoms with Crippen molar-refractivity contribution in [1.29, 1.82) is 0 Å². The number of methoxy groups -OCH3 is 1. The number of carbonyl (C=O) groups is 1. The zero-order valence-electron chi connectivity index (χ0n) is 14.1. The minimum atomic E-state index is -0.583. The van der Waals surface area contributed by atoms with Crippen LogP contribution in [0, 0.1) is 0 Å². The van der Waals surface area contributed by atoms with Crippen molar-refractivity contribution >= 4 is 17.5 Å².